The number of carbonyl (C=O) groups is 1. The molecule has 2 rings (SSSR count). The van der Waals surface area contributed by atoms with E-state index in [4.69, 9.17) is 45.4 Å². The van der Waals surface area contributed by atoms with E-state index in [2.05, 4.69) is 5.16 Å². The number of oxime groups is 1. The van der Waals surface area contributed by atoms with Crippen molar-refractivity contribution in [3.05, 3.63) is 68.2 Å². The largest absolute Gasteiger partial charge is 0.384 e. The molecule has 120 valence electrons. The Kier molecular flexibility index (Phi) is 5.88. The van der Waals surface area contributed by atoms with Crippen LogP contribution in [0.2, 0.25) is 15.1 Å². The molecular weight excluding hydrogens is 359 g/mol. The number of carbonyl (C=O) groups excluding carboxylic acids is 1. The summed E-state index contributed by atoms with van der Waals surface area (Å²) in [5.41, 5.74) is 7.63. The predicted octanol–water partition coefficient (Wildman–Crippen LogP) is 4.63. The molecule has 0 saturated heterocycles. The summed E-state index contributed by atoms with van der Waals surface area (Å²) >= 11 is 17.8. The SMILES string of the molecule is Cc1ccc(C(=O)O/N=C(/N)Cc2ccc(Cl)cc2Cl)cc1Cl. The van der Waals surface area contributed by atoms with Gasteiger partial charge in [-0.1, -0.05) is 52.1 Å². The average Bonchev–Trinajstić information content (AvgIpc) is 2.50. The summed E-state index contributed by atoms with van der Waals surface area (Å²) in [6, 6.07) is 9.86. The van der Waals surface area contributed by atoms with E-state index in [0.29, 0.717) is 20.6 Å². The molecule has 0 radical (unpaired) electrons. The molecule has 0 amide bonds. The number of amidine groups is 1. The van der Waals surface area contributed by atoms with E-state index in [9.17, 15) is 4.79 Å². The van der Waals surface area contributed by atoms with Gasteiger partial charge in [0.2, 0.25) is 0 Å². The number of hydrogen-bond donors (Lipinski definition) is 1. The van der Waals surface area contributed by atoms with Crippen LogP contribution in [0.25, 0.3) is 0 Å². The molecule has 0 unspecified atom stereocenters. The minimum Gasteiger partial charge on any atom is -0.384 e. The lowest BCUT2D eigenvalue weighted by atomic mass is 10.1. The highest BCUT2D eigenvalue weighted by atomic mass is 35.5. The second-order valence-electron chi connectivity index (χ2n) is 4.84. The van der Waals surface area contributed by atoms with E-state index in [1.165, 1.54) is 6.07 Å². The maximum absolute atomic E-state index is 11.9. The summed E-state index contributed by atoms with van der Waals surface area (Å²) in [4.78, 5) is 16.7. The lowest BCUT2D eigenvalue weighted by molar-refractivity contribution is 0.0515. The minimum absolute atomic E-state index is 0.112. The molecule has 7 heteroatoms. The fraction of sp³-hybridized carbons (Fsp3) is 0.125. The highest BCUT2D eigenvalue weighted by Crippen LogP contribution is 2.21. The van der Waals surface area contributed by atoms with Crippen molar-refractivity contribution in [2.24, 2.45) is 10.9 Å². The standard InChI is InChI=1S/C16H13Cl3N2O2/c1-9-2-3-11(6-13(9)18)16(22)23-21-15(20)7-10-4-5-12(17)8-14(10)19/h2-6,8H,7H2,1H3,(H2,20,21). The molecule has 0 aliphatic carbocycles. The van der Waals surface area contributed by atoms with Gasteiger partial charge in [-0.15, -0.1) is 0 Å². The fourth-order valence-electron chi connectivity index (χ4n) is 1.77. The number of rotatable bonds is 4. The van der Waals surface area contributed by atoms with Gasteiger partial charge in [-0.2, -0.15) is 0 Å². The van der Waals surface area contributed by atoms with Gasteiger partial charge < -0.3 is 10.6 Å². The lowest BCUT2D eigenvalue weighted by Gasteiger charge is -2.05. The zero-order valence-electron chi connectivity index (χ0n) is 12.1. The Morgan fingerprint density at radius 1 is 1.13 bits per heavy atom. The van der Waals surface area contributed by atoms with Crippen molar-refractivity contribution in [3.63, 3.8) is 0 Å². The Morgan fingerprint density at radius 3 is 2.52 bits per heavy atom. The topological polar surface area (TPSA) is 64.7 Å². The first-order chi connectivity index (χ1) is 10.9. The van der Waals surface area contributed by atoms with Crippen LogP contribution in [0.15, 0.2) is 41.6 Å². The Morgan fingerprint density at radius 2 is 1.87 bits per heavy atom. The average molecular weight is 372 g/mol. The number of nitrogens with zero attached hydrogens (tertiary/aromatic N) is 1. The maximum Gasteiger partial charge on any atom is 0.365 e. The van der Waals surface area contributed by atoms with Gasteiger partial charge in [0.1, 0.15) is 5.84 Å². The summed E-state index contributed by atoms with van der Waals surface area (Å²) in [6.07, 6.45) is 0.234. The van der Waals surface area contributed by atoms with E-state index in [0.717, 1.165) is 11.1 Å². The monoisotopic (exact) mass is 370 g/mol. The van der Waals surface area contributed by atoms with Crippen molar-refractivity contribution < 1.29 is 9.63 Å². The predicted molar refractivity (Wildman–Crippen MR) is 93.4 cm³/mol. The molecule has 0 heterocycles. The van der Waals surface area contributed by atoms with Crippen LogP contribution >= 0.6 is 34.8 Å². The molecule has 2 aromatic carbocycles. The summed E-state index contributed by atoms with van der Waals surface area (Å²) in [7, 11) is 0. The third kappa shape index (κ3) is 4.86. The van der Waals surface area contributed by atoms with Gasteiger partial charge in [0, 0.05) is 21.5 Å². The molecule has 0 aliphatic rings. The van der Waals surface area contributed by atoms with Crippen LogP contribution in [-0.2, 0) is 11.3 Å². The summed E-state index contributed by atoms with van der Waals surface area (Å²) in [6.45, 7) is 1.84. The molecular formula is C16H13Cl3N2O2. The van der Waals surface area contributed by atoms with Crippen molar-refractivity contribution in [2.75, 3.05) is 0 Å². The third-order valence-electron chi connectivity index (χ3n) is 3.04. The molecule has 0 atom stereocenters. The van der Waals surface area contributed by atoms with Gasteiger partial charge >= 0.3 is 5.97 Å². The van der Waals surface area contributed by atoms with Gasteiger partial charge in [-0.25, -0.2) is 4.79 Å². The van der Waals surface area contributed by atoms with Crippen LogP contribution < -0.4 is 5.73 Å². The molecule has 0 saturated carbocycles. The van der Waals surface area contributed by atoms with Crippen LogP contribution in [0.5, 0.6) is 0 Å². The zero-order chi connectivity index (χ0) is 17.0. The van der Waals surface area contributed by atoms with Crippen molar-refractivity contribution in [1.29, 1.82) is 0 Å². The Labute approximate surface area is 148 Å². The molecule has 2 N–H and O–H groups in total. The van der Waals surface area contributed by atoms with Crippen molar-refractivity contribution in [1.82, 2.24) is 0 Å². The van der Waals surface area contributed by atoms with Crippen LogP contribution in [0.1, 0.15) is 21.5 Å². The molecule has 2 aromatic rings. The first-order valence-corrected chi connectivity index (χ1v) is 7.74. The van der Waals surface area contributed by atoms with E-state index in [1.54, 1.807) is 30.3 Å². The molecule has 0 bridgehead atoms. The minimum atomic E-state index is -0.642. The fourth-order valence-corrected chi connectivity index (χ4v) is 2.42. The van der Waals surface area contributed by atoms with E-state index >= 15 is 0 Å². The second kappa shape index (κ2) is 7.68. The maximum atomic E-state index is 11.9. The van der Waals surface area contributed by atoms with Crippen molar-refractivity contribution in [3.8, 4) is 0 Å². The number of hydrogen-bond acceptors (Lipinski definition) is 3. The Bertz CT molecular complexity index is 776. The molecule has 0 spiro atoms. The molecule has 4 nitrogen and oxygen atoms in total. The zero-order valence-corrected chi connectivity index (χ0v) is 14.4. The number of benzene rings is 2. The first-order valence-electron chi connectivity index (χ1n) is 6.60. The van der Waals surface area contributed by atoms with Crippen molar-refractivity contribution in [2.45, 2.75) is 13.3 Å². The van der Waals surface area contributed by atoms with Crippen LogP contribution in [-0.4, -0.2) is 11.8 Å². The molecule has 0 aromatic heterocycles. The van der Waals surface area contributed by atoms with Gasteiger partial charge in [0.15, 0.2) is 0 Å². The molecule has 0 aliphatic heterocycles. The number of aryl methyl sites for hydroxylation is 1. The van der Waals surface area contributed by atoms with E-state index < -0.39 is 5.97 Å². The Hall–Kier alpha value is -1.75. The van der Waals surface area contributed by atoms with Gasteiger partial charge in [0.25, 0.3) is 0 Å². The third-order valence-corrected chi connectivity index (χ3v) is 4.03. The van der Waals surface area contributed by atoms with Gasteiger partial charge in [-0.3, -0.25) is 0 Å². The quantitative estimate of drug-likeness (QED) is 0.369. The normalized spacial score (nSPS) is 11.4. The van der Waals surface area contributed by atoms with Crippen LogP contribution in [0.3, 0.4) is 0 Å². The van der Waals surface area contributed by atoms with Gasteiger partial charge in [-0.05, 0) is 42.3 Å². The van der Waals surface area contributed by atoms with Crippen molar-refractivity contribution >= 4 is 46.6 Å². The smallest absolute Gasteiger partial charge is 0.365 e. The molecule has 23 heavy (non-hydrogen) atoms. The van der Waals surface area contributed by atoms with E-state index in [1.807, 2.05) is 6.92 Å². The lowest BCUT2D eigenvalue weighted by Crippen LogP contribution is -2.17. The van der Waals surface area contributed by atoms with Crippen LogP contribution in [0, 0.1) is 6.92 Å². The van der Waals surface area contributed by atoms with Gasteiger partial charge in [0.05, 0.1) is 5.56 Å². The highest BCUT2D eigenvalue weighted by molar-refractivity contribution is 6.35. The van der Waals surface area contributed by atoms with Crippen LogP contribution in [0.4, 0.5) is 0 Å². The summed E-state index contributed by atoms with van der Waals surface area (Å²) in [5, 5.41) is 5.09. The Balaban J connectivity index is 2.03. The summed E-state index contributed by atoms with van der Waals surface area (Å²) in [5.74, 6) is -0.530. The highest BCUT2D eigenvalue weighted by Gasteiger charge is 2.10. The first kappa shape index (κ1) is 17.6. The molecule has 0 fully saturated rings. The number of nitrogens with two attached hydrogens (primary N) is 1. The summed E-state index contributed by atoms with van der Waals surface area (Å²) < 4.78 is 0. The number of halogens is 3. The van der Waals surface area contributed by atoms with E-state index in [-0.39, 0.29) is 12.3 Å². The second-order valence-corrected chi connectivity index (χ2v) is 6.09.